The van der Waals surface area contributed by atoms with Crippen molar-refractivity contribution in [3.8, 4) is 6.07 Å². The number of aryl methyl sites for hydroxylation is 2. The zero-order chi connectivity index (χ0) is 13.1. The molecule has 92 valence electrons. The highest BCUT2D eigenvalue weighted by Crippen LogP contribution is 2.18. The quantitative estimate of drug-likeness (QED) is 0.861. The standard InChI is InChI=1S/C14H14IN3/c1-10-3-4-12(6-14(10)15)17-8-11-5-13(7-16)18(2)9-11/h3-6,9,17H,8H2,1-2H3. The molecule has 1 aromatic heterocycles. The van der Waals surface area contributed by atoms with Crippen molar-refractivity contribution in [1.82, 2.24) is 4.57 Å². The van der Waals surface area contributed by atoms with E-state index in [0.717, 1.165) is 17.8 Å². The molecule has 4 heteroatoms. The lowest BCUT2D eigenvalue weighted by molar-refractivity contribution is 0.902. The third-order valence-corrected chi connectivity index (χ3v) is 4.01. The van der Waals surface area contributed by atoms with Gasteiger partial charge < -0.3 is 9.88 Å². The van der Waals surface area contributed by atoms with Gasteiger partial charge in [0.15, 0.2) is 0 Å². The number of nitrogens with zero attached hydrogens (tertiary/aromatic N) is 2. The van der Waals surface area contributed by atoms with Crippen molar-refractivity contribution in [1.29, 1.82) is 5.26 Å². The molecular formula is C14H14IN3. The number of rotatable bonds is 3. The van der Waals surface area contributed by atoms with Gasteiger partial charge in [-0.3, -0.25) is 0 Å². The van der Waals surface area contributed by atoms with E-state index in [9.17, 15) is 0 Å². The lowest BCUT2D eigenvalue weighted by Gasteiger charge is -2.06. The molecule has 3 nitrogen and oxygen atoms in total. The fraction of sp³-hybridized carbons (Fsp3) is 0.214. The lowest BCUT2D eigenvalue weighted by atomic mass is 10.2. The first-order chi connectivity index (χ1) is 8.60. The van der Waals surface area contributed by atoms with E-state index in [4.69, 9.17) is 5.26 Å². The fourth-order valence-electron chi connectivity index (χ4n) is 1.75. The zero-order valence-corrected chi connectivity index (χ0v) is 12.5. The molecule has 0 aliphatic rings. The topological polar surface area (TPSA) is 40.8 Å². The summed E-state index contributed by atoms with van der Waals surface area (Å²) in [6.07, 6.45) is 1.98. The van der Waals surface area contributed by atoms with Crippen LogP contribution in [-0.2, 0) is 13.6 Å². The van der Waals surface area contributed by atoms with Crippen LogP contribution < -0.4 is 5.32 Å². The first-order valence-corrected chi connectivity index (χ1v) is 6.73. The molecule has 1 heterocycles. The summed E-state index contributed by atoms with van der Waals surface area (Å²) >= 11 is 2.33. The number of hydrogen-bond donors (Lipinski definition) is 1. The third-order valence-electron chi connectivity index (χ3n) is 2.84. The average Bonchev–Trinajstić information content (AvgIpc) is 2.71. The van der Waals surface area contributed by atoms with E-state index >= 15 is 0 Å². The first kappa shape index (κ1) is 13.0. The van der Waals surface area contributed by atoms with Crippen molar-refractivity contribution in [3.05, 3.63) is 50.9 Å². The smallest absolute Gasteiger partial charge is 0.120 e. The van der Waals surface area contributed by atoms with Crippen molar-refractivity contribution in [2.75, 3.05) is 5.32 Å². The minimum absolute atomic E-state index is 0.685. The minimum atomic E-state index is 0.685. The van der Waals surface area contributed by atoms with Gasteiger partial charge in [-0.05, 0) is 58.8 Å². The van der Waals surface area contributed by atoms with Crippen LogP contribution in [0.5, 0.6) is 0 Å². The van der Waals surface area contributed by atoms with Crippen molar-refractivity contribution in [3.63, 3.8) is 0 Å². The molecule has 1 aromatic carbocycles. The van der Waals surface area contributed by atoms with Gasteiger partial charge in [0.2, 0.25) is 0 Å². The van der Waals surface area contributed by atoms with E-state index in [0.29, 0.717) is 5.69 Å². The van der Waals surface area contributed by atoms with Gasteiger partial charge in [0.05, 0.1) is 0 Å². The Bertz CT molecular complexity index is 608. The maximum Gasteiger partial charge on any atom is 0.120 e. The van der Waals surface area contributed by atoms with Crippen LogP contribution in [0.1, 0.15) is 16.8 Å². The van der Waals surface area contributed by atoms with Gasteiger partial charge >= 0.3 is 0 Å². The Balaban J connectivity index is 2.07. The van der Waals surface area contributed by atoms with Crippen LogP contribution in [0.4, 0.5) is 5.69 Å². The minimum Gasteiger partial charge on any atom is -0.381 e. The summed E-state index contributed by atoms with van der Waals surface area (Å²) in [5, 5.41) is 12.3. The second kappa shape index (κ2) is 5.44. The van der Waals surface area contributed by atoms with Crippen LogP contribution in [0.15, 0.2) is 30.5 Å². The summed E-state index contributed by atoms with van der Waals surface area (Å²) in [5.41, 5.74) is 4.19. The van der Waals surface area contributed by atoms with Crippen LogP contribution in [0.2, 0.25) is 0 Å². The molecule has 0 unspecified atom stereocenters. The zero-order valence-electron chi connectivity index (χ0n) is 10.4. The Morgan fingerprint density at radius 3 is 2.78 bits per heavy atom. The largest absolute Gasteiger partial charge is 0.381 e. The highest BCUT2D eigenvalue weighted by atomic mass is 127. The fourth-order valence-corrected chi connectivity index (χ4v) is 2.26. The Hall–Kier alpha value is -1.48. The second-order valence-corrected chi connectivity index (χ2v) is 5.44. The van der Waals surface area contributed by atoms with Crippen molar-refractivity contribution >= 4 is 28.3 Å². The summed E-state index contributed by atoms with van der Waals surface area (Å²) in [6, 6.07) is 10.4. The Morgan fingerprint density at radius 2 is 2.17 bits per heavy atom. The van der Waals surface area contributed by atoms with Gasteiger partial charge in [-0.25, -0.2) is 0 Å². The second-order valence-electron chi connectivity index (χ2n) is 4.27. The van der Waals surface area contributed by atoms with E-state index in [-0.39, 0.29) is 0 Å². The number of benzene rings is 1. The Kier molecular flexibility index (Phi) is 3.92. The van der Waals surface area contributed by atoms with E-state index in [2.05, 4.69) is 59.1 Å². The molecule has 0 saturated carbocycles. The molecule has 2 aromatic rings. The highest BCUT2D eigenvalue weighted by Gasteiger charge is 2.02. The summed E-state index contributed by atoms with van der Waals surface area (Å²) in [6.45, 7) is 2.83. The van der Waals surface area contributed by atoms with Crippen LogP contribution in [0, 0.1) is 21.8 Å². The molecule has 1 N–H and O–H groups in total. The molecule has 0 fully saturated rings. The van der Waals surface area contributed by atoms with E-state index in [1.165, 1.54) is 9.13 Å². The van der Waals surface area contributed by atoms with E-state index in [1.807, 2.05) is 23.9 Å². The highest BCUT2D eigenvalue weighted by molar-refractivity contribution is 14.1. The molecule has 0 aliphatic heterocycles. The molecule has 18 heavy (non-hydrogen) atoms. The van der Waals surface area contributed by atoms with Gasteiger partial charge in [0.1, 0.15) is 11.8 Å². The third kappa shape index (κ3) is 2.85. The van der Waals surface area contributed by atoms with Gasteiger partial charge in [0, 0.05) is 29.0 Å². The van der Waals surface area contributed by atoms with Gasteiger partial charge in [-0.2, -0.15) is 5.26 Å². The summed E-state index contributed by atoms with van der Waals surface area (Å²) in [5.74, 6) is 0. The molecule has 0 bridgehead atoms. The number of hydrogen-bond acceptors (Lipinski definition) is 2. The SMILES string of the molecule is Cc1ccc(NCc2cc(C#N)n(C)c2)cc1I. The molecule has 0 saturated heterocycles. The molecule has 0 radical (unpaired) electrons. The number of nitrogens with one attached hydrogen (secondary N) is 1. The summed E-state index contributed by atoms with van der Waals surface area (Å²) in [7, 11) is 1.89. The maximum absolute atomic E-state index is 8.89. The lowest BCUT2D eigenvalue weighted by Crippen LogP contribution is -1.99. The molecule has 0 atom stereocenters. The van der Waals surface area contributed by atoms with Crippen molar-refractivity contribution < 1.29 is 0 Å². The van der Waals surface area contributed by atoms with Crippen LogP contribution in [0.25, 0.3) is 0 Å². The van der Waals surface area contributed by atoms with Crippen molar-refractivity contribution in [2.24, 2.45) is 7.05 Å². The van der Waals surface area contributed by atoms with Crippen molar-refractivity contribution in [2.45, 2.75) is 13.5 Å². The Labute approximate surface area is 121 Å². The van der Waals surface area contributed by atoms with Gasteiger partial charge in [0.25, 0.3) is 0 Å². The maximum atomic E-state index is 8.89. The van der Waals surface area contributed by atoms with E-state index < -0.39 is 0 Å². The summed E-state index contributed by atoms with van der Waals surface area (Å²) in [4.78, 5) is 0. The predicted octanol–water partition coefficient (Wildman–Crippen LogP) is 3.42. The van der Waals surface area contributed by atoms with Crippen LogP contribution in [0.3, 0.4) is 0 Å². The molecule has 2 rings (SSSR count). The molecule has 0 spiro atoms. The molecule has 0 amide bonds. The van der Waals surface area contributed by atoms with Crippen LogP contribution >= 0.6 is 22.6 Å². The average molecular weight is 351 g/mol. The molecule has 0 aliphatic carbocycles. The Morgan fingerprint density at radius 1 is 1.39 bits per heavy atom. The predicted molar refractivity (Wildman–Crippen MR) is 81.4 cm³/mol. The normalized spacial score (nSPS) is 10.1. The van der Waals surface area contributed by atoms with Crippen LogP contribution in [-0.4, -0.2) is 4.57 Å². The summed E-state index contributed by atoms with van der Waals surface area (Å²) < 4.78 is 3.10. The number of anilines is 1. The number of aromatic nitrogens is 1. The number of halogens is 1. The van der Waals surface area contributed by atoms with Gasteiger partial charge in [-0.15, -0.1) is 0 Å². The first-order valence-electron chi connectivity index (χ1n) is 5.65. The monoisotopic (exact) mass is 351 g/mol. The van der Waals surface area contributed by atoms with E-state index in [1.54, 1.807) is 0 Å². The molecular weight excluding hydrogens is 337 g/mol. The number of nitriles is 1. The van der Waals surface area contributed by atoms with Gasteiger partial charge in [-0.1, -0.05) is 6.07 Å².